The average molecular weight is 448 g/mol. The van der Waals surface area contributed by atoms with Gasteiger partial charge >= 0.3 is 6.18 Å². The third-order valence-electron chi connectivity index (χ3n) is 4.40. The van der Waals surface area contributed by atoms with Gasteiger partial charge < -0.3 is 5.32 Å². The Morgan fingerprint density at radius 2 is 1.39 bits per heavy atom. The molecular weight excluding hydrogens is 429 g/mol. The molecule has 0 unspecified atom stereocenters. The van der Waals surface area contributed by atoms with Crippen molar-refractivity contribution < 1.29 is 26.4 Å². The maximum Gasteiger partial charge on any atom is 0.416 e. The van der Waals surface area contributed by atoms with Gasteiger partial charge in [0.05, 0.1) is 16.9 Å². The first-order valence-corrected chi connectivity index (χ1v) is 10.7. The minimum atomic E-state index is -4.43. The van der Waals surface area contributed by atoms with E-state index < -0.39 is 27.7 Å². The van der Waals surface area contributed by atoms with Crippen LogP contribution in [-0.2, 0) is 27.4 Å². The molecule has 0 aliphatic rings. The van der Waals surface area contributed by atoms with Crippen molar-refractivity contribution in [2.45, 2.75) is 24.4 Å². The summed E-state index contributed by atoms with van der Waals surface area (Å²) in [5, 5.41) is 2.62. The first-order chi connectivity index (χ1) is 14.5. The number of aryl methyl sites for hydroxylation is 1. The highest BCUT2D eigenvalue weighted by molar-refractivity contribution is 7.92. The predicted octanol–water partition coefficient (Wildman–Crippen LogP) is 5.00. The molecule has 9 heteroatoms. The molecule has 0 saturated carbocycles. The average Bonchev–Trinajstić information content (AvgIpc) is 2.69. The zero-order chi connectivity index (χ0) is 22.6. The molecule has 162 valence electrons. The van der Waals surface area contributed by atoms with E-state index in [0.717, 1.165) is 17.7 Å². The molecule has 0 aromatic heterocycles. The van der Waals surface area contributed by atoms with Crippen molar-refractivity contribution in [3.05, 3.63) is 89.5 Å². The van der Waals surface area contributed by atoms with Gasteiger partial charge in [-0.15, -0.1) is 0 Å². The number of hydrogen-bond donors (Lipinski definition) is 2. The Hall–Kier alpha value is -3.33. The summed E-state index contributed by atoms with van der Waals surface area (Å²) in [6.45, 7) is 1.86. The van der Waals surface area contributed by atoms with Gasteiger partial charge in [0, 0.05) is 11.4 Å². The SMILES string of the molecule is Cc1ccc(S(=O)(=O)Nc2ccc(NC(=O)Cc3ccc(C(F)(F)F)cc3)cc2)cc1. The fourth-order valence-electron chi connectivity index (χ4n) is 2.76. The monoisotopic (exact) mass is 448 g/mol. The third-order valence-corrected chi connectivity index (χ3v) is 5.80. The highest BCUT2D eigenvalue weighted by Gasteiger charge is 2.29. The van der Waals surface area contributed by atoms with E-state index in [9.17, 15) is 26.4 Å². The van der Waals surface area contributed by atoms with Gasteiger partial charge in [0.2, 0.25) is 5.91 Å². The Labute approximate surface area is 178 Å². The van der Waals surface area contributed by atoms with Crippen LogP contribution in [0.5, 0.6) is 0 Å². The molecule has 2 N–H and O–H groups in total. The number of benzene rings is 3. The standard InChI is InChI=1S/C22H19F3N2O3S/c1-15-2-12-20(13-3-15)31(29,30)27-19-10-8-18(9-11-19)26-21(28)14-16-4-6-17(7-5-16)22(23,24)25/h2-13,27H,14H2,1H3,(H,26,28). The number of sulfonamides is 1. The maximum atomic E-state index is 12.6. The summed E-state index contributed by atoms with van der Waals surface area (Å²) < 4.78 is 65.1. The van der Waals surface area contributed by atoms with Crippen LogP contribution in [0.25, 0.3) is 0 Å². The van der Waals surface area contributed by atoms with Gasteiger partial charge in [0.1, 0.15) is 0 Å². The quantitative estimate of drug-likeness (QED) is 0.558. The predicted molar refractivity (Wildman–Crippen MR) is 112 cm³/mol. The van der Waals surface area contributed by atoms with Crippen LogP contribution in [0.2, 0.25) is 0 Å². The first kappa shape index (κ1) is 22.4. The van der Waals surface area contributed by atoms with E-state index in [0.29, 0.717) is 16.9 Å². The van der Waals surface area contributed by atoms with Crippen molar-refractivity contribution in [2.75, 3.05) is 10.0 Å². The molecule has 3 aromatic carbocycles. The lowest BCUT2D eigenvalue weighted by Gasteiger charge is -2.10. The normalized spacial score (nSPS) is 11.7. The fourth-order valence-corrected chi connectivity index (χ4v) is 3.81. The summed E-state index contributed by atoms with van der Waals surface area (Å²) in [6.07, 6.45) is -4.52. The van der Waals surface area contributed by atoms with Crippen molar-refractivity contribution in [3.8, 4) is 0 Å². The number of anilines is 2. The summed E-state index contributed by atoms with van der Waals surface area (Å²) in [6, 6.07) is 16.8. The smallest absolute Gasteiger partial charge is 0.326 e. The third kappa shape index (κ3) is 6.08. The first-order valence-electron chi connectivity index (χ1n) is 9.18. The number of carbonyl (C=O) groups excluding carboxylic acids is 1. The van der Waals surface area contributed by atoms with E-state index in [-0.39, 0.29) is 11.3 Å². The van der Waals surface area contributed by atoms with Crippen molar-refractivity contribution in [3.63, 3.8) is 0 Å². The molecule has 0 aliphatic carbocycles. The number of alkyl halides is 3. The Morgan fingerprint density at radius 1 is 0.839 bits per heavy atom. The van der Waals surface area contributed by atoms with Crippen LogP contribution < -0.4 is 10.0 Å². The van der Waals surface area contributed by atoms with E-state index in [2.05, 4.69) is 10.0 Å². The Bertz CT molecular complexity index is 1160. The maximum absolute atomic E-state index is 12.6. The van der Waals surface area contributed by atoms with Gasteiger partial charge in [-0.1, -0.05) is 29.8 Å². The minimum Gasteiger partial charge on any atom is -0.326 e. The van der Waals surface area contributed by atoms with Crippen LogP contribution in [0.1, 0.15) is 16.7 Å². The molecule has 0 atom stereocenters. The van der Waals surface area contributed by atoms with E-state index in [1.165, 1.54) is 48.5 Å². The number of rotatable bonds is 6. The Morgan fingerprint density at radius 3 is 1.94 bits per heavy atom. The summed E-state index contributed by atoms with van der Waals surface area (Å²) >= 11 is 0. The summed E-state index contributed by atoms with van der Waals surface area (Å²) in [7, 11) is -3.74. The highest BCUT2D eigenvalue weighted by Crippen LogP contribution is 2.29. The van der Waals surface area contributed by atoms with E-state index in [1.54, 1.807) is 12.1 Å². The minimum absolute atomic E-state index is 0.0973. The van der Waals surface area contributed by atoms with Crippen molar-refractivity contribution in [1.82, 2.24) is 0 Å². The molecule has 3 aromatic rings. The molecule has 1 amide bonds. The molecule has 0 radical (unpaired) electrons. The van der Waals surface area contributed by atoms with Crippen LogP contribution in [0.4, 0.5) is 24.5 Å². The second-order valence-electron chi connectivity index (χ2n) is 6.92. The summed E-state index contributed by atoms with van der Waals surface area (Å²) in [5.74, 6) is -0.409. The summed E-state index contributed by atoms with van der Waals surface area (Å²) in [5.41, 5.74) is 1.35. The number of carbonyl (C=O) groups is 1. The second kappa shape index (κ2) is 8.81. The van der Waals surface area contributed by atoms with Crippen LogP contribution in [0.3, 0.4) is 0 Å². The Kier molecular flexibility index (Phi) is 6.35. The van der Waals surface area contributed by atoms with Gasteiger partial charge in [0.15, 0.2) is 0 Å². The van der Waals surface area contributed by atoms with Gasteiger partial charge in [-0.25, -0.2) is 8.42 Å². The number of hydrogen-bond acceptors (Lipinski definition) is 3. The molecule has 0 fully saturated rings. The lowest BCUT2D eigenvalue weighted by atomic mass is 10.1. The van der Waals surface area contributed by atoms with Crippen LogP contribution in [-0.4, -0.2) is 14.3 Å². The molecule has 5 nitrogen and oxygen atoms in total. The molecule has 31 heavy (non-hydrogen) atoms. The molecule has 0 bridgehead atoms. The van der Waals surface area contributed by atoms with E-state index in [1.807, 2.05) is 6.92 Å². The number of nitrogens with one attached hydrogen (secondary N) is 2. The lowest BCUT2D eigenvalue weighted by Crippen LogP contribution is -2.15. The van der Waals surface area contributed by atoms with Crippen molar-refractivity contribution in [2.24, 2.45) is 0 Å². The highest BCUT2D eigenvalue weighted by atomic mass is 32.2. The molecule has 0 saturated heterocycles. The molecule has 0 heterocycles. The van der Waals surface area contributed by atoms with Crippen molar-refractivity contribution in [1.29, 1.82) is 0 Å². The van der Waals surface area contributed by atoms with Crippen LogP contribution in [0.15, 0.2) is 77.7 Å². The molecule has 0 spiro atoms. The number of amides is 1. The summed E-state index contributed by atoms with van der Waals surface area (Å²) in [4.78, 5) is 12.3. The van der Waals surface area contributed by atoms with Crippen molar-refractivity contribution >= 4 is 27.3 Å². The number of halogens is 3. The van der Waals surface area contributed by atoms with Gasteiger partial charge in [-0.3, -0.25) is 9.52 Å². The molecular formula is C22H19F3N2O3S. The van der Waals surface area contributed by atoms with Gasteiger partial charge in [-0.2, -0.15) is 13.2 Å². The largest absolute Gasteiger partial charge is 0.416 e. The topological polar surface area (TPSA) is 75.3 Å². The van der Waals surface area contributed by atoms with Crippen LogP contribution in [0, 0.1) is 6.92 Å². The Balaban J connectivity index is 1.60. The van der Waals surface area contributed by atoms with E-state index in [4.69, 9.17) is 0 Å². The van der Waals surface area contributed by atoms with Gasteiger partial charge in [-0.05, 0) is 61.0 Å². The fraction of sp³-hybridized carbons (Fsp3) is 0.136. The van der Waals surface area contributed by atoms with Crippen LogP contribution >= 0.6 is 0 Å². The molecule has 0 aliphatic heterocycles. The lowest BCUT2D eigenvalue weighted by molar-refractivity contribution is -0.137. The van der Waals surface area contributed by atoms with E-state index >= 15 is 0 Å². The van der Waals surface area contributed by atoms with Gasteiger partial charge in [0.25, 0.3) is 10.0 Å². The zero-order valence-electron chi connectivity index (χ0n) is 16.4. The second-order valence-corrected chi connectivity index (χ2v) is 8.60. The zero-order valence-corrected chi connectivity index (χ0v) is 17.2. The molecule has 3 rings (SSSR count).